The minimum absolute atomic E-state index is 0.145. The Morgan fingerprint density at radius 1 is 1.08 bits per heavy atom. The molecule has 0 aromatic carbocycles. The van der Waals surface area contributed by atoms with E-state index < -0.39 is 0 Å². The van der Waals surface area contributed by atoms with Gasteiger partial charge in [-0.2, -0.15) is 0 Å². The van der Waals surface area contributed by atoms with Crippen LogP contribution in [0.4, 0.5) is 0 Å². The molecule has 0 amide bonds. The van der Waals surface area contributed by atoms with Crippen LogP contribution in [0.1, 0.15) is 46.5 Å². The molecule has 74 valence electrons. The third-order valence-electron chi connectivity index (χ3n) is 2.32. The highest BCUT2D eigenvalue weighted by molar-refractivity contribution is 6.20. The minimum Gasteiger partial charge on any atom is -0.393 e. The lowest BCUT2D eigenvalue weighted by Gasteiger charge is -2.13. The van der Waals surface area contributed by atoms with Crippen LogP contribution in [0.3, 0.4) is 0 Å². The van der Waals surface area contributed by atoms with Gasteiger partial charge in [-0.25, -0.2) is 0 Å². The molecule has 0 aliphatic rings. The molecule has 0 heterocycles. The summed E-state index contributed by atoms with van der Waals surface area (Å²) in [6, 6.07) is 0. The smallest absolute Gasteiger partial charge is 0.0512 e. The van der Waals surface area contributed by atoms with E-state index in [1.165, 1.54) is 12.8 Å². The second-order valence-electron chi connectivity index (χ2n) is 3.79. The van der Waals surface area contributed by atoms with Crippen LogP contribution in [0.15, 0.2) is 0 Å². The molecule has 0 spiro atoms. The number of hydrogen-bond acceptors (Lipinski definition) is 1. The van der Waals surface area contributed by atoms with Crippen molar-refractivity contribution in [2.75, 3.05) is 0 Å². The Morgan fingerprint density at radius 3 is 2.00 bits per heavy atom. The number of aliphatic hydroxyl groups excluding tert-OH is 1. The van der Waals surface area contributed by atoms with E-state index in [-0.39, 0.29) is 11.5 Å². The Balaban J connectivity index is 3.20. The molecule has 1 N–H and O–H groups in total. The largest absolute Gasteiger partial charge is 0.393 e. The van der Waals surface area contributed by atoms with E-state index in [4.69, 9.17) is 16.7 Å². The van der Waals surface area contributed by atoms with Gasteiger partial charge in [-0.15, -0.1) is 11.6 Å². The van der Waals surface area contributed by atoms with Crippen molar-refractivity contribution in [1.82, 2.24) is 0 Å². The average Bonchev–Trinajstić information content (AvgIpc) is 1.97. The van der Waals surface area contributed by atoms with Crippen molar-refractivity contribution in [3.63, 3.8) is 0 Å². The number of rotatable bonds is 6. The molecule has 2 heteroatoms. The molecule has 0 radical (unpaired) electrons. The van der Waals surface area contributed by atoms with Crippen molar-refractivity contribution >= 4 is 11.6 Å². The summed E-state index contributed by atoms with van der Waals surface area (Å²) in [4.78, 5) is 0. The van der Waals surface area contributed by atoms with Crippen molar-refractivity contribution in [3.8, 4) is 0 Å². The fraction of sp³-hybridized carbons (Fsp3) is 1.00. The summed E-state index contributed by atoms with van der Waals surface area (Å²) in [6.45, 7) is 6.06. The van der Waals surface area contributed by atoms with E-state index in [1.54, 1.807) is 0 Å². The predicted molar refractivity (Wildman–Crippen MR) is 54.6 cm³/mol. The van der Waals surface area contributed by atoms with Crippen LogP contribution in [0.2, 0.25) is 0 Å². The molecular formula is C10H21ClO. The van der Waals surface area contributed by atoms with Crippen molar-refractivity contribution < 1.29 is 5.11 Å². The van der Waals surface area contributed by atoms with E-state index in [0.717, 1.165) is 12.8 Å². The van der Waals surface area contributed by atoms with Gasteiger partial charge in [0, 0.05) is 5.38 Å². The third kappa shape index (κ3) is 6.93. The van der Waals surface area contributed by atoms with E-state index >= 15 is 0 Å². The van der Waals surface area contributed by atoms with Crippen LogP contribution >= 0.6 is 11.6 Å². The zero-order chi connectivity index (χ0) is 9.56. The van der Waals surface area contributed by atoms with E-state index in [0.29, 0.717) is 5.92 Å². The Hall–Kier alpha value is 0.250. The van der Waals surface area contributed by atoms with Gasteiger partial charge in [-0.1, -0.05) is 19.8 Å². The van der Waals surface area contributed by atoms with E-state index in [2.05, 4.69) is 6.92 Å². The zero-order valence-electron chi connectivity index (χ0n) is 8.39. The van der Waals surface area contributed by atoms with Crippen LogP contribution in [0.5, 0.6) is 0 Å². The van der Waals surface area contributed by atoms with Crippen molar-refractivity contribution in [2.24, 2.45) is 5.92 Å². The molecule has 0 aromatic heterocycles. The standard InChI is InChI=1S/C10H21ClO/c1-8(10(3)11)6-4-5-7-9(2)12/h8-10,12H,4-7H2,1-3H3. The summed E-state index contributed by atoms with van der Waals surface area (Å²) in [5.41, 5.74) is 0. The summed E-state index contributed by atoms with van der Waals surface area (Å²) in [6.07, 6.45) is 4.25. The minimum atomic E-state index is -0.145. The van der Waals surface area contributed by atoms with E-state index in [9.17, 15) is 0 Å². The maximum absolute atomic E-state index is 9.00. The summed E-state index contributed by atoms with van der Waals surface area (Å²) in [7, 11) is 0. The zero-order valence-corrected chi connectivity index (χ0v) is 9.14. The first-order chi connectivity index (χ1) is 5.54. The van der Waals surface area contributed by atoms with Gasteiger partial charge in [0.1, 0.15) is 0 Å². The number of halogens is 1. The topological polar surface area (TPSA) is 20.2 Å². The molecule has 0 saturated carbocycles. The van der Waals surface area contributed by atoms with Gasteiger partial charge in [0.25, 0.3) is 0 Å². The fourth-order valence-corrected chi connectivity index (χ4v) is 1.26. The highest BCUT2D eigenvalue weighted by Crippen LogP contribution is 2.17. The lowest BCUT2D eigenvalue weighted by molar-refractivity contribution is 0.179. The summed E-state index contributed by atoms with van der Waals surface area (Å²) in [5.74, 6) is 0.598. The maximum Gasteiger partial charge on any atom is 0.0512 e. The quantitative estimate of drug-likeness (QED) is 0.506. The molecule has 0 rings (SSSR count). The first-order valence-corrected chi connectivity index (χ1v) is 5.29. The van der Waals surface area contributed by atoms with Crippen LogP contribution < -0.4 is 0 Å². The average molecular weight is 193 g/mol. The fourth-order valence-electron chi connectivity index (χ4n) is 1.14. The molecule has 12 heavy (non-hydrogen) atoms. The lowest BCUT2D eigenvalue weighted by Crippen LogP contribution is -2.07. The van der Waals surface area contributed by atoms with Crippen molar-refractivity contribution in [1.29, 1.82) is 0 Å². The Bertz CT molecular complexity index is 102. The summed E-state index contributed by atoms with van der Waals surface area (Å²) < 4.78 is 0. The Labute approximate surface area is 81.1 Å². The summed E-state index contributed by atoms with van der Waals surface area (Å²) >= 11 is 5.92. The third-order valence-corrected chi connectivity index (χ3v) is 2.75. The van der Waals surface area contributed by atoms with Crippen molar-refractivity contribution in [3.05, 3.63) is 0 Å². The van der Waals surface area contributed by atoms with Crippen LogP contribution in [-0.4, -0.2) is 16.6 Å². The predicted octanol–water partition coefficient (Wildman–Crippen LogP) is 3.19. The van der Waals surface area contributed by atoms with Crippen LogP contribution in [-0.2, 0) is 0 Å². The van der Waals surface area contributed by atoms with Crippen molar-refractivity contribution in [2.45, 2.75) is 57.9 Å². The van der Waals surface area contributed by atoms with Gasteiger partial charge >= 0.3 is 0 Å². The van der Waals surface area contributed by atoms with Crippen LogP contribution in [0, 0.1) is 5.92 Å². The van der Waals surface area contributed by atoms with Gasteiger partial charge in [-0.3, -0.25) is 0 Å². The number of aliphatic hydroxyl groups is 1. The van der Waals surface area contributed by atoms with Crippen LogP contribution in [0.25, 0.3) is 0 Å². The molecule has 1 nitrogen and oxygen atoms in total. The van der Waals surface area contributed by atoms with E-state index in [1.807, 2.05) is 13.8 Å². The molecule has 0 fully saturated rings. The number of hydrogen-bond donors (Lipinski definition) is 1. The molecule has 3 atom stereocenters. The SMILES string of the molecule is CC(O)CCCCC(C)C(C)Cl. The first kappa shape index (κ1) is 12.2. The Morgan fingerprint density at radius 2 is 1.58 bits per heavy atom. The maximum atomic E-state index is 9.00. The Kier molecular flexibility index (Phi) is 6.87. The molecule has 0 aromatic rings. The highest BCUT2D eigenvalue weighted by atomic mass is 35.5. The van der Waals surface area contributed by atoms with Gasteiger partial charge < -0.3 is 5.11 Å². The van der Waals surface area contributed by atoms with Gasteiger partial charge in [0.2, 0.25) is 0 Å². The van der Waals surface area contributed by atoms with Gasteiger partial charge in [-0.05, 0) is 32.6 Å². The first-order valence-electron chi connectivity index (χ1n) is 4.86. The summed E-state index contributed by atoms with van der Waals surface area (Å²) in [5, 5.41) is 9.28. The monoisotopic (exact) mass is 192 g/mol. The highest BCUT2D eigenvalue weighted by Gasteiger charge is 2.08. The number of unbranched alkanes of at least 4 members (excludes halogenated alkanes) is 1. The second-order valence-corrected chi connectivity index (χ2v) is 4.48. The number of alkyl halides is 1. The molecular weight excluding hydrogens is 172 g/mol. The molecule has 0 bridgehead atoms. The second kappa shape index (κ2) is 6.73. The normalized spacial score (nSPS) is 18.8. The van der Waals surface area contributed by atoms with Gasteiger partial charge in [0.15, 0.2) is 0 Å². The molecule has 0 saturated heterocycles. The lowest BCUT2D eigenvalue weighted by atomic mass is 10.00. The molecule has 0 aliphatic heterocycles. The molecule has 3 unspecified atom stereocenters. The van der Waals surface area contributed by atoms with Gasteiger partial charge in [0.05, 0.1) is 6.10 Å². The molecule has 0 aliphatic carbocycles.